The predicted molar refractivity (Wildman–Crippen MR) is 64.1 cm³/mol. The van der Waals surface area contributed by atoms with E-state index in [1.807, 2.05) is 0 Å². The van der Waals surface area contributed by atoms with Gasteiger partial charge in [0.2, 0.25) is 5.91 Å². The predicted octanol–water partition coefficient (Wildman–Crippen LogP) is 0.130. The fourth-order valence-corrected chi connectivity index (χ4v) is 1.34. The minimum atomic E-state index is -0.307. The standard InChI is InChI=1S/C11H12N4O3/c1-7(9-3-2-4-18-9)12-14-10(16)5-8-6-11(17)15-13-8/h2-4,6,12H,1,5H2,(H,14,16)(H2,13,15,17). The molecule has 4 N–H and O–H groups in total. The molecule has 0 spiro atoms. The van der Waals surface area contributed by atoms with Crippen LogP contribution in [0.15, 0.2) is 40.3 Å². The van der Waals surface area contributed by atoms with Crippen LogP contribution in [0, 0.1) is 0 Å². The van der Waals surface area contributed by atoms with Crippen molar-refractivity contribution in [2.24, 2.45) is 0 Å². The van der Waals surface area contributed by atoms with Crippen LogP contribution in [0.25, 0.3) is 5.70 Å². The zero-order valence-corrected chi connectivity index (χ0v) is 9.45. The third-order valence-electron chi connectivity index (χ3n) is 2.17. The molecular formula is C11H12N4O3. The molecule has 7 nitrogen and oxygen atoms in total. The van der Waals surface area contributed by atoms with Crippen molar-refractivity contribution in [2.75, 3.05) is 0 Å². The van der Waals surface area contributed by atoms with E-state index in [-0.39, 0.29) is 17.9 Å². The Hall–Kier alpha value is -2.70. The zero-order valence-electron chi connectivity index (χ0n) is 9.45. The highest BCUT2D eigenvalue weighted by molar-refractivity contribution is 5.78. The lowest BCUT2D eigenvalue weighted by Crippen LogP contribution is -2.36. The average Bonchev–Trinajstić information content (AvgIpc) is 2.97. The van der Waals surface area contributed by atoms with Gasteiger partial charge in [0.1, 0.15) is 0 Å². The number of hydrogen-bond donors (Lipinski definition) is 4. The van der Waals surface area contributed by atoms with Crippen molar-refractivity contribution in [3.8, 4) is 0 Å². The number of furan rings is 1. The third kappa shape index (κ3) is 2.91. The summed E-state index contributed by atoms with van der Waals surface area (Å²) in [5.74, 6) is 0.225. The Kier molecular flexibility index (Phi) is 3.33. The van der Waals surface area contributed by atoms with Crippen molar-refractivity contribution in [3.05, 3.63) is 52.8 Å². The first-order chi connectivity index (χ1) is 8.65. The molecular weight excluding hydrogens is 236 g/mol. The van der Waals surface area contributed by atoms with E-state index < -0.39 is 0 Å². The highest BCUT2D eigenvalue weighted by atomic mass is 16.3. The molecule has 0 aliphatic rings. The number of amides is 1. The number of H-pyrrole nitrogens is 2. The number of rotatable bonds is 5. The summed E-state index contributed by atoms with van der Waals surface area (Å²) in [4.78, 5) is 22.3. The third-order valence-corrected chi connectivity index (χ3v) is 2.17. The van der Waals surface area contributed by atoms with E-state index in [4.69, 9.17) is 4.42 Å². The Morgan fingerprint density at radius 3 is 2.83 bits per heavy atom. The van der Waals surface area contributed by atoms with Crippen LogP contribution >= 0.6 is 0 Å². The van der Waals surface area contributed by atoms with E-state index in [9.17, 15) is 9.59 Å². The van der Waals surface area contributed by atoms with Gasteiger partial charge in [0, 0.05) is 11.8 Å². The van der Waals surface area contributed by atoms with Gasteiger partial charge >= 0.3 is 0 Å². The van der Waals surface area contributed by atoms with Crippen molar-refractivity contribution in [1.82, 2.24) is 21.0 Å². The van der Waals surface area contributed by atoms with Crippen molar-refractivity contribution in [3.63, 3.8) is 0 Å². The van der Waals surface area contributed by atoms with Gasteiger partial charge in [-0.15, -0.1) is 0 Å². The van der Waals surface area contributed by atoms with E-state index in [2.05, 4.69) is 27.6 Å². The van der Waals surface area contributed by atoms with Crippen LogP contribution in [0.4, 0.5) is 0 Å². The lowest BCUT2D eigenvalue weighted by Gasteiger charge is -2.08. The van der Waals surface area contributed by atoms with Crippen LogP contribution in [-0.2, 0) is 11.2 Å². The van der Waals surface area contributed by atoms with E-state index >= 15 is 0 Å². The molecule has 0 bridgehead atoms. The summed E-state index contributed by atoms with van der Waals surface area (Å²) in [6.45, 7) is 3.70. The van der Waals surface area contributed by atoms with E-state index in [0.717, 1.165) is 0 Å². The van der Waals surface area contributed by atoms with Gasteiger partial charge in [-0.3, -0.25) is 25.5 Å². The number of nitrogens with one attached hydrogen (secondary N) is 4. The highest BCUT2D eigenvalue weighted by Crippen LogP contribution is 2.07. The van der Waals surface area contributed by atoms with Crippen LogP contribution in [0.3, 0.4) is 0 Å². The second-order valence-electron chi connectivity index (χ2n) is 3.59. The summed E-state index contributed by atoms with van der Waals surface area (Å²) in [6.07, 6.45) is 1.56. The number of aromatic nitrogens is 2. The molecule has 0 saturated heterocycles. The molecule has 1 amide bonds. The number of carbonyl (C=O) groups excluding carboxylic acids is 1. The molecule has 94 valence electrons. The second-order valence-corrected chi connectivity index (χ2v) is 3.59. The average molecular weight is 248 g/mol. The Morgan fingerprint density at radius 1 is 1.39 bits per heavy atom. The van der Waals surface area contributed by atoms with Crippen LogP contribution < -0.4 is 16.4 Å². The first kappa shape index (κ1) is 11.8. The van der Waals surface area contributed by atoms with Crippen LogP contribution in [0.2, 0.25) is 0 Å². The lowest BCUT2D eigenvalue weighted by atomic mass is 10.3. The summed E-state index contributed by atoms with van der Waals surface area (Å²) in [5, 5.41) is 4.93. The molecule has 18 heavy (non-hydrogen) atoms. The molecule has 7 heteroatoms. The van der Waals surface area contributed by atoms with Crippen molar-refractivity contribution in [2.45, 2.75) is 6.42 Å². The van der Waals surface area contributed by atoms with Gasteiger partial charge in [-0.25, -0.2) is 0 Å². The minimum absolute atomic E-state index is 0.0528. The molecule has 2 aromatic heterocycles. The van der Waals surface area contributed by atoms with Crippen molar-refractivity contribution < 1.29 is 9.21 Å². The summed E-state index contributed by atoms with van der Waals surface area (Å²) >= 11 is 0. The maximum absolute atomic E-state index is 11.5. The van der Waals surface area contributed by atoms with Gasteiger partial charge < -0.3 is 9.52 Å². The molecule has 0 aliphatic carbocycles. The molecule has 0 unspecified atom stereocenters. The quantitative estimate of drug-likeness (QED) is 0.565. The van der Waals surface area contributed by atoms with Gasteiger partial charge in [-0.1, -0.05) is 6.58 Å². The van der Waals surface area contributed by atoms with Gasteiger partial charge in [-0.2, -0.15) is 0 Å². The number of aromatic amines is 2. The molecule has 2 heterocycles. The maximum atomic E-state index is 11.5. The molecule has 0 aliphatic heterocycles. The van der Waals surface area contributed by atoms with Crippen LogP contribution in [0.5, 0.6) is 0 Å². The largest absolute Gasteiger partial charge is 0.463 e. The number of carbonyl (C=O) groups is 1. The highest BCUT2D eigenvalue weighted by Gasteiger charge is 2.06. The molecule has 2 aromatic rings. The Bertz CT molecular complexity index is 594. The number of hydrazine groups is 1. The zero-order chi connectivity index (χ0) is 13.0. The van der Waals surface area contributed by atoms with Crippen molar-refractivity contribution in [1.29, 1.82) is 0 Å². The molecule has 0 fully saturated rings. The fourth-order valence-electron chi connectivity index (χ4n) is 1.34. The minimum Gasteiger partial charge on any atom is -0.463 e. The normalized spacial score (nSPS) is 10.0. The molecule has 2 rings (SSSR count). The van der Waals surface area contributed by atoms with Crippen LogP contribution in [-0.4, -0.2) is 16.1 Å². The topological polar surface area (TPSA) is 103 Å². The van der Waals surface area contributed by atoms with Gasteiger partial charge in [0.15, 0.2) is 5.76 Å². The van der Waals surface area contributed by atoms with Gasteiger partial charge in [0.05, 0.1) is 18.4 Å². The van der Waals surface area contributed by atoms with Crippen LogP contribution in [0.1, 0.15) is 11.5 Å². The maximum Gasteiger partial charge on any atom is 0.264 e. The molecule has 0 saturated carbocycles. The Morgan fingerprint density at radius 2 is 2.22 bits per heavy atom. The Labute approximate surface area is 102 Å². The number of hydrogen-bond acceptors (Lipinski definition) is 4. The van der Waals surface area contributed by atoms with Gasteiger partial charge in [0.25, 0.3) is 5.56 Å². The van der Waals surface area contributed by atoms with E-state index in [1.54, 1.807) is 12.1 Å². The smallest absolute Gasteiger partial charge is 0.264 e. The lowest BCUT2D eigenvalue weighted by molar-refractivity contribution is -0.121. The summed E-state index contributed by atoms with van der Waals surface area (Å²) in [6, 6.07) is 4.75. The second kappa shape index (κ2) is 5.09. The first-order valence-electron chi connectivity index (χ1n) is 5.19. The Balaban J connectivity index is 1.82. The summed E-state index contributed by atoms with van der Waals surface area (Å²) in [5.41, 5.74) is 5.74. The summed E-state index contributed by atoms with van der Waals surface area (Å²) in [7, 11) is 0. The molecule has 0 aromatic carbocycles. The first-order valence-corrected chi connectivity index (χ1v) is 5.19. The van der Waals surface area contributed by atoms with E-state index in [1.165, 1.54) is 12.3 Å². The molecule has 0 atom stereocenters. The monoisotopic (exact) mass is 248 g/mol. The summed E-state index contributed by atoms with van der Waals surface area (Å²) < 4.78 is 5.08. The fraction of sp³-hybridized carbons (Fsp3) is 0.0909. The van der Waals surface area contributed by atoms with E-state index in [0.29, 0.717) is 17.2 Å². The van der Waals surface area contributed by atoms with Crippen molar-refractivity contribution >= 4 is 11.6 Å². The molecule has 0 radical (unpaired) electrons. The SMILES string of the molecule is C=C(NNC(=O)Cc1cc(=O)[nH][nH]1)c1ccco1. The van der Waals surface area contributed by atoms with Gasteiger partial charge in [-0.05, 0) is 12.1 Å².